The molecule has 0 spiro atoms. The van der Waals surface area contributed by atoms with Gasteiger partial charge in [-0.25, -0.2) is 0 Å². The molecule has 1 atom stereocenters. The molecule has 17 heavy (non-hydrogen) atoms. The fourth-order valence-electron chi connectivity index (χ4n) is 0.959. The predicted molar refractivity (Wildman–Crippen MR) is 72.3 cm³/mol. The average molecular weight is 234 g/mol. The molecule has 0 aliphatic rings. The lowest BCUT2D eigenvalue weighted by atomic mass is 10.1. The zero-order chi connectivity index (χ0) is 13.1. The van der Waals surface area contributed by atoms with Crippen LogP contribution in [0, 0.1) is 5.92 Å². The van der Waals surface area contributed by atoms with Crippen molar-refractivity contribution >= 4 is 5.78 Å². The van der Waals surface area contributed by atoms with E-state index in [1.165, 1.54) is 0 Å². The minimum absolute atomic E-state index is 0.264. The van der Waals surface area contributed by atoms with Crippen molar-refractivity contribution < 1.29 is 9.53 Å². The molecule has 0 aromatic heterocycles. The van der Waals surface area contributed by atoms with Gasteiger partial charge in [-0.1, -0.05) is 44.7 Å². The normalized spacial score (nSPS) is 10.8. The summed E-state index contributed by atoms with van der Waals surface area (Å²) in [6.07, 6.45) is 2.70. The Morgan fingerprint density at radius 2 is 2.00 bits per heavy atom. The molecule has 0 aliphatic heterocycles. The average Bonchev–Trinajstić information content (AvgIpc) is 2.37. The number of hydrogen-bond acceptors (Lipinski definition) is 2. The van der Waals surface area contributed by atoms with Crippen LogP contribution >= 0.6 is 0 Å². The van der Waals surface area contributed by atoms with Crippen molar-refractivity contribution in [3.05, 3.63) is 43.0 Å². The molecule has 0 N–H and O–H groups in total. The van der Waals surface area contributed by atoms with E-state index in [2.05, 4.69) is 6.58 Å². The number of benzene rings is 1. The highest BCUT2D eigenvalue weighted by molar-refractivity contribution is 5.77. The second-order valence-electron chi connectivity index (χ2n) is 3.83. The van der Waals surface area contributed by atoms with Gasteiger partial charge in [0.2, 0.25) is 0 Å². The number of carbonyl (C=O) groups is 1. The lowest BCUT2D eigenvalue weighted by Crippen LogP contribution is -2.03. The third-order valence-corrected chi connectivity index (χ3v) is 2.42. The summed E-state index contributed by atoms with van der Waals surface area (Å²) in [5.74, 6) is 1.45. The number of hydrogen-bond donors (Lipinski definition) is 0. The minimum atomic E-state index is 0.264. The summed E-state index contributed by atoms with van der Waals surface area (Å²) in [6.45, 7) is 9.72. The molecule has 0 aliphatic carbocycles. The van der Waals surface area contributed by atoms with E-state index < -0.39 is 0 Å². The Kier molecular flexibility index (Phi) is 8.75. The predicted octanol–water partition coefficient (Wildman–Crippen LogP) is 3.87. The summed E-state index contributed by atoms with van der Waals surface area (Å²) < 4.78 is 5.24. The molecule has 0 saturated carbocycles. The number of ether oxygens (including phenoxy) is 1. The quantitative estimate of drug-likeness (QED) is 0.723. The Bertz CT molecular complexity index is 317. The molecular formula is C15H22O2. The van der Waals surface area contributed by atoms with Crippen molar-refractivity contribution in [3.63, 3.8) is 0 Å². The van der Waals surface area contributed by atoms with E-state index in [0.29, 0.717) is 12.4 Å². The summed E-state index contributed by atoms with van der Waals surface area (Å²) in [5, 5.41) is 0. The molecule has 0 radical (unpaired) electrons. The molecule has 1 aromatic rings. The fourth-order valence-corrected chi connectivity index (χ4v) is 0.959. The van der Waals surface area contributed by atoms with Crippen LogP contribution in [0.25, 0.3) is 0 Å². The van der Waals surface area contributed by atoms with E-state index in [-0.39, 0.29) is 5.92 Å². The Morgan fingerprint density at radius 1 is 1.41 bits per heavy atom. The van der Waals surface area contributed by atoms with Gasteiger partial charge in [-0.15, -0.1) is 0 Å². The third kappa shape index (κ3) is 8.26. The van der Waals surface area contributed by atoms with Gasteiger partial charge in [-0.2, -0.15) is 0 Å². The van der Waals surface area contributed by atoms with Crippen LogP contribution in [0.2, 0.25) is 0 Å². The van der Waals surface area contributed by atoms with E-state index >= 15 is 0 Å². The highest BCUT2D eigenvalue weighted by Gasteiger charge is 2.01. The SMILES string of the molecule is C=CCOc1ccccc1.CCC(C)C(C)=O. The standard InChI is InChI=1S/C9H10O.C6H12O/c1-2-8-10-9-6-4-3-5-7-9;1-4-5(2)6(3)7/h2-7H,1,8H2;5H,4H2,1-3H3. The zero-order valence-electron chi connectivity index (χ0n) is 11.0. The molecule has 0 saturated heterocycles. The van der Waals surface area contributed by atoms with Crippen molar-refractivity contribution in [2.75, 3.05) is 6.61 Å². The van der Waals surface area contributed by atoms with Gasteiger partial charge in [-0.05, 0) is 25.5 Å². The van der Waals surface area contributed by atoms with E-state index in [1.54, 1.807) is 13.0 Å². The maximum atomic E-state index is 10.4. The summed E-state index contributed by atoms with van der Waals surface area (Å²) in [5.41, 5.74) is 0. The molecule has 2 nitrogen and oxygen atoms in total. The maximum Gasteiger partial charge on any atom is 0.132 e. The number of rotatable bonds is 5. The zero-order valence-corrected chi connectivity index (χ0v) is 11.0. The summed E-state index contributed by atoms with van der Waals surface area (Å²) >= 11 is 0. The molecule has 2 heteroatoms. The van der Waals surface area contributed by atoms with E-state index in [0.717, 1.165) is 12.2 Å². The maximum absolute atomic E-state index is 10.4. The highest BCUT2D eigenvalue weighted by atomic mass is 16.5. The molecule has 0 amide bonds. The molecule has 94 valence electrons. The minimum Gasteiger partial charge on any atom is -0.490 e. The second-order valence-corrected chi connectivity index (χ2v) is 3.83. The van der Waals surface area contributed by atoms with Crippen molar-refractivity contribution in [1.82, 2.24) is 0 Å². The first-order chi connectivity index (χ1) is 8.11. The fraction of sp³-hybridized carbons (Fsp3) is 0.400. The van der Waals surface area contributed by atoms with Crippen LogP contribution in [-0.2, 0) is 4.79 Å². The van der Waals surface area contributed by atoms with E-state index in [4.69, 9.17) is 4.74 Å². The van der Waals surface area contributed by atoms with Gasteiger partial charge < -0.3 is 4.74 Å². The highest BCUT2D eigenvalue weighted by Crippen LogP contribution is 2.07. The first kappa shape index (κ1) is 15.4. The molecule has 1 aromatic carbocycles. The van der Waals surface area contributed by atoms with Crippen LogP contribution in [0.5, 0.6) is 5.75 Å². The van der Waals surface area contributed by atoms with Crippen LogP contribution in [0.15, 0.2) is 43.0 Å². The molecule has 0 bridgehead atoms. The monoisotopic (exact) mass is 234 g/mol. The topological polar surface area (TPSA) is 26.3 Å². The number of ketones is 1. The Labute approximate surface area is 104 Å². The lowest BCUT2D eigenvalue weighted by molar-refractivity contribution is -0.120. The summed E-state index contributed by atoms with van der Waals surface area (Å²) in [7, 11) is 0. The Balaban J connectivity index is 0.000000325. The number of para-hydroxylation sites is 1. The summed E-state index contributed by atoms with van der Waals surface area (Å²) in [4.78, 5) is 10.4. The molecule has 1 unspecified atom stereocenters. The van der Waals surface area contributed by atoms with Gasteiger partial charge >= 0.3 is 0 Å². The first-order valence-corrected chi connectivity index (χ1v) is 5.91. The molecule has 0 fully saturated rings. The Morgan fingerprint density at radius 3 is 2.35 bits per heavy atom. The van der Waals surface area contributed by atoms with Crippen LogP contribution in [0.4, 0.5) is 0 Å². The van der Waals surface area contributed by atoms with Crippen molar-refractivity contribution in [3.8, 4) is 5.75 Å². The third-order valence-electron chi connectivity index (χ3n) is 2.42. The van der Waals surface area contributed by atoms with Gasteiger partial charge in [0, 0.05) is 5.92 Å². The first-order valence-electron chi connectivity index (χ1n) is 5.91. The van der Waals surface area contributed by atoms with Gasteiger partial charge in [0.05, 0.1) is 0 Å². The summed E-state index contributed by atoms with van der Waals surface area (Å²) in [6, 6.07) is 9.69. The van der Waals surface area contributed by atoms with Gasteiger partial charge in [0.1, 0.15) is 18.1 Å². The van der Waals surface area contributed by atoms with Crippen molar-refractivity contribution in [2.45, 2.75) is 27.2 Å². The second kappa shape index (κ2) is 9.64. The van der Waals surface area contributed by atoms with E-state index in [1.807, 2.05) is 44.2 Å². The Hall–Kier alpha value is -1.57. The largest absolute Gasteiger partial charge is 0.490 e. The van der Waals surface area contributed by atoms with Crippen LogP contribution < -0.4 is 4.74 Å². The molecule has 1 rings (SSSR count). The lowest BCUT2D eigenvalue weighted by Gasteiger charge is -1.99. The van der Waals surface area contributed by atoms with Gasteiger partial charge in [0.15, 0.2) is 0 Å². The van der Waals surface area contributed by atoms with Gasteiger partial charge in [0.25, 0.3) is 0 Å². The van der Waals surface area contributed by atoms with Crippen molar-refractivity contribution in [2.24, 2.45) is 5.92 Å². The van der Waals surface area contributed by atoms with Crippen molar-refractivity contribution in [1.29, 1.82) is 0 Å². The van der Waals surface area contributed by atoms with Crippen LogP contribution in [-0.4, -0.2) is 12.4 Å². The smallest absolute Gasteiger partial charge is 0.132 e. The van der Waals surface area contributed by atoms with Gasteiger partial charge in [-0.3, -0.25) is 4.79 Å². The van der Waals surface area contributed by atoms with Crippen LogP contribution in [0.1, 0.15) is 27.2 Å². The van der Waals surface area contributed by atoms with Crippen LogP contribution in [0.3, 0.4) is 0 Å². The number of Topliss-reactive ketones (excluding diaryl/α,β-unsaturated/α-hetero) is 1. The molecular weight excluding hydrogens is 212 g/mol. The van der Waals surface area contributed by atoms with E-state index in [9.17, 15) is 4.79 Å². The number of carbonyl (C=O) groups excluding carboxylic acids is 1. The molecule has 0 heterocycles.